The van der Waals surface area contributed by atoms with Crippen molar-refractivity contribution in [1.82, 2.24) is 0 Å². The van der Waals surface area contributed by atoms with E-state index in [2.05, 4.69) is 0 Å². The van der Waals surface area contributed by atoms with Crippen LogP contribution in [-0.4, -0.2) is 22.2 Å². The van der Waals surface area contributed by atoms with Crippen molar-refractivity contribution in [3.8, 4) is 0 Å². The summed E-state index contributed by atoms with van der Waals surface area (Å²) in [4.78, 5) is 20.7. The van der Waals surface area contributed by atoms with Gasteiger partial charge in [0, 0.05) is 5.57 Å². The minimum atomic E-state index is -1.13. The van der Waals surface area contributed by atoms with Gasteiger partial charge in [-0.1, -0.05) is 6.08 Å². The third-order valence-corrected chi connectivity index (χ3v) is 1.27. The SMILES string of the molecule is C/C=C(\C=C(/C)C(=O)O)C(=O)O. The number of aliphatic carboxylic acids is 2. The highest BCUT2D eigenvalue weighted by molar-refractivity contribution is 5.94. The highest BCUT2D eigenvalue weighted by Gasteiger charge is 2.05. The molecule has 0 aromatic carbocycles. The zero-order valence-electron chi connectivity index (χ0n) is 6.87. The molecule has 0 fully saturated rings. The third-order valence-electron chi connectivity index (χ3n) is 1.27. The van der Waals surface area contributed by atoms with E-state index in [4.69, 9.17) is 10.2 Å². The molecule has 0 aliphatic carbocycles. The summed E-state index contributed by atoms with van der Waals surface area (Å²) in [6.45, 7) is 2.88. The van der Waals surface area contributed by atoms with Gasteiger partial charge in [-0.2, -0.15) is 0 Å². The second-order valence-electron chi connectivity index (χ2n) is 2.18. The maximum atomic E-state index is 10.4. The summed E-state index contributed by atoms with van der Waals surface area (Å²) in [5.74, 6) is -2.24. The normalized spacial score (nSPS) is 12.8. The molecule has 4 heteroatoms. The van der Waals surface area contributed by atoms with Crippen LogP contribution in [0.5, 0.6) is 0 Å². The zero-order chi connectivity index (χ0) is 9.72. The molecule has 0 saturated carbocycles. The van der Waals surface area contributed by atoms with Gasteiger partial charge in [-0.25, -0.2) is 9.59 Å². The van der Waals surface area contributed by atoms with E-state index in [9.17, 15) is 9.59 Å². The maximum absolute atomic E-state index is 10.4. The molecule has 0 amide bonds. The molecular formula is C8H10O4. The number of carbonyl (C=O) groups is 2. The van der Waals surface area contributed by atoms with Crippen molar-refractivity contribution < 1.29 is 19.8 Å². The highest BCUT2D eigenvalue weighted by Crippen LogP contribution is 2.02. The number of carboxylic acid groups (broad SMARTS) is 2. The van der Waals surface area contributed by atoms with Crippen LogP contribution in [0.2, 0.25) is 0 Å². The lowest BCUT2D eigenvalue weighted by molar-refractivity contribution is -0.132. The summed E-state index contributed by atoms with van der Waals surface area (Å²) >= 11 is 0. The van der Waals surface area contributed by atoms with Crippen molar-refractivity contribution in [2.45, 2.75) is 13.8 Å². The summed E-state index contributed by atoms with van der Waals surface area (Å²) in [5, 5.41) is 16.9. The largest absolute Gasteiger partial charge is 0.478 e. The number of rotatable bonds is 3. The third kappa shape index (κ3) is 3.01. The molecule has 0 unspecified atom stereocenters. The van der Waals surface area contributed by atoms with E-state index in [1.165, 1.54) is 19.9 Å². The van der Waals surface area contributed by atoms with Gasteiger partial charge in [0.2, 0.25) is 0 Å². The average molecular weight is 170 g/mol. The Morgan fingerprint density at radius 3 is 1.92 bits per heavy atom. The fourth-order valence-electron chi connectivity index (χ4n) is 0.564. The van der Waals surface area contributed by atoms with E-state index < -0.39 is 11.9 Å². The first-order chi connectivity index (χ1) is 5.49. The molecule has 0 aliphatic rings. The lowest BCUT2D eigenvalue weighted by Crippen LogP contribution is -2.02. The average Bonchev–Trinajstić information content (AvgIpc) is 1.98. The Morgan fingerprint density at radius 1 is 1.17 bits per heavy atom. The molecule has 0 radical (unpaired) electrons. The van der Waals surface area contributed by atoms with Gasteiger partial charge in [-0.15, -0.1) is 0 Å². The Bertz CT molecular complexity index is 260. The summed E-state index contributed by atoms with van der Waals surface area (Å²) in [7, 11) is 0. The van der Waals surface area contributed by atoms with Crippen molar-refractivity contribution in [1.29, 1.82) is 0 Å². The molecule has 0 atom stereocenters. The minimum Gasteiger partial charge on any atom is -0.478 e. The minimum absolute atomic E-state index is 0.00509. The molecule has 0 spiro atoms. The number of hydrogen-bond acceptors (Lipinski definition) is 2. The van der Waals surface area contributed by atoms with Crippen LogP contribution in [0.1, 0.15) is 13.8 Å². The molecule has 0 aliphatic heterocycles. The first-order valence-corrected chi connectivity index (χ1v) is 3.30. The Balaban J connectivity index is 4.72. The molecule has 4 nitrogen and oxygen atoms in total. The molecule has 0 aromatic rings. The van der Waals surface area contributed by atoms with Crippen molar-refractivity contribution >= 4 is 11.9 Å². The van der Waals surface area contributed by atoms with E-state index in [0.717, 1.165) is 6.08 Å². The van der Waals surface area contributed by atoms with Gasteiger partial charge in [0.1, 0.15) is 0 Å². The molecular weight excluding hydrogens is 160 g/mol. The lowest BCUT2D eigenvalue weighted by Gasteiger charge is -1.94. The molecule has 0 aromatic heterocycles. The summed E-state index contributed by atoms with van der Waals surface area (Å²) in [5.41, 5.74) is -0.0135. The Labute approximate surface area is 69.8 Å². The van der Waals surface area contributed by atoms with Crippen LogP contribution in [-0.2, 0) is 9.59 Å². The van der Waals surface area contributed by atoms with E-state index in [1.54, 1.807) is 0 Å². The first kappa shape index (κ1) is 10.4. The van der Waals surface area contributed by atoms with Gasteiger partial charge in [-0.05, 0) is 19.9 Å². The van der Waals surface area contributed by atoms with Gasteiger partial charge < -0.3 is 10.2 Å². The Hall–Kier alpha value is -1.58. The first-order valence-electron chi connectivity index (χ1n) is 3.30. The fraction of sp³-hybridized carbons (Fsp3) is 0.250. The smallest absolute Gasteiger partial charge is 0.335 e. The molecule has 2 N–H and O–H groups in total. The fourth-order valence-corrected chi connectivity index (χ4v) is 0.564. The standard InChI is InChI=1S/C8H10O4/c1-3-6(8(11)12)4-5(2)7(9)10/h3-4H,1-2H3,(H,9,10)(H,11,12)/b5-4+,6-3+. The van der Waals surface area contributed by atoms with Crippen molar-refractivity contribution in [2.75, 3.05) is 0 Å². The van der Waals surface area contributed by atoms with Crippen LogP contribution in [0.3, 0.4) is 0 Å². The summed E-state index contributed by atoms with van der Waals surface area (Å²) in [6, 6.07) is 0. The van der Waals surface area contributed by atoms with E-state index in [0.29, 0.717) is 0 Å². The molecule has 12 heavy (non-hydrogen) atoms. The molecule has 0 heterocycles. The van der Waals surface area contributed by atoms with Crippen LogP contribution in [0.15, 0.2) is 23.3 Å². The van der Waals surface area contributed by atoms with Gasteiger partial charge >= 0.3 is 11.9 Å². The predicted molar refractivity (Wildman–Crippen MR) is 42.8 cm³/mol. The maximum Gasteiger partial charge on any atom is 0.335 e. The second kappa shape index (κ2) is 4.33. The van der Waals surface area contributed by atoms with Crippen LogP contribution in [0, 0.1) is 0 Å². The zero-order valence-corrected chi connectivity index (χ0v) is 6.87. The molecule has 0 rings (SSSR count). The van der Waals surface area contributed by atoms with Gasteiger partial charge in [0.05, 0.1) is 5.57 Å². The topological polar surface area (TPSA) is 74.6 Å². The number of allylic oxidation sites excluding steroid dienone is 1. The van der Waals surface area contributed by atoms with E-state index in [1.807, 2.05) is 0 Å². The predicted octanol–water partition coefficient (Wildman–Crippen LogP) is 1.05. The molecule has 0 saturated heterocycles. The van der Waals surface area contributed by atoms with Crippen LogP contribution >= 0.6 is 0 Å². The van der Waals surface area contributed by atoms with Crippen molar-refractivity contribution in [2.24, 2.45) is 0 Å². The summed E-state index contributed by atoms with van der Waals surface area (Å²) in [6.07, 6.45) is 2.46. The van der Waals surface area contributed by atoms with Crippen LogP contribution < -0.4 is 0 Å². The van der Waals surface area contributed by atoms with Crippen LogP contribution in [0.25, 0.3) is 0 Å². The Morgan fingerprint density at radius 2 is 1.67 bits per heavy atom. The number of carboxylic acids is 2. The van der Waals surface area contributed by atoms with E-state index >= 15 is 0 Å². The quantitative estimate of drug-likeness (QED) is 0.490. The summed E-state index contributed by atoms with van der Waals surface area (Å²) < 4.78 is 0. The van der Waals surface area contributed by atoms with Crippen molar-refractivity contribution in [3.05, 3.63) is 23.3 Å². The van der Waals surface area contributed by atoms with Gasteiger partial charge in [0.15, 0.2) is 0 Å². The molecule has 66 valence electrons. The van der Waals surface area contributed by atoms with Gasteiger partial charge in [0.25, 0.3) is 0 Å². The van der Waals surface area contributed by atoms with Crippen molar-refractivity contribution in [3.63, 3.8) is 0 Å². The second-order valence-corrected chi connectivity index (χ2v) is 2.18. The highest BCUT2D eigenvalue weighted by atomic mass is 16.4. The van der Waals surface area contributed by atoms with Crippen LogP contribution in [0.4, 0.5) is 0 Å². The van der Waals surface area contributed by atoms with E-state index in [-0.39, 0.29) is 11.1 Å². The lowest BCUT2D eigenvalue weighted by atomic mass is 10.1. The monoisotopic (exact) mass is 170 g/mol. The number of hydrogen-bond donors (Lipinski definition) is 2. The van der Waals surface area contributed by atoms with Gasteiger partial charge in [-0.3, -0.25) is 0 Å². The molecule has 0 bridgehead atoms. The Kier molecular flexibility index (Phi) is 3.76.